The zero-order valence-corrected chi connectivity index (χ0v) is 9.47. The van der Waals surface area contributed by atoms with Gasteiger partial charge in [-0.25, -0.2) is 0 Å². The van der Waals surface area contributed by atoms with E-state index in [1.54, 1.807) is 0 Å². The molecule has 2 rings (SSSR count). The fourth-order valence-corrected chi connectivity index (χ4v) is 2.11. The molecule has 0 amide bonds. The molecule has 1 fully saturated rings. The summed E-state index contributed by atoms with van der Waals surface area (Å²) >= 11 is 0. The van der Waals surface area contributed by atoms with Gasteiger partial charge in [0.25, 0.3) is 0 Å². The van der Waals surface area contributed by atoms with Crippen molar-refractivity contribution < 1.29 is 14.9 Å². The van der Waals surface area contributed by atoms with Gasteiger partial charge in [0, 0.05) is 0 Å². The third-order valence-electron chi connectivity index (χ3n) is 3.09. The summed E-state index contributed by atoms with van der Waals surface area (Å²) in [6, 6.07) is 10.0. The molecule has 3 atom stereocenters. The van der Waals surface area contributed by atoms with E-state index in [0.717, 1.165) is 12.8 Å². The van der Waals surface area contributed by atoms with Crippen molar-refractivity contribution in [3.63, 3.8) is 0 Å². The predicted octanol–water partition coefficient (Wildman–Crippen LogP) is 1.48. The second-order valence-corrected chi connectivity index (χ2v) is 4.58. The molecule has 3 nitrogen and oxygen atoms in total. The zero-order chi connectivity index (χ0) is 11.6. The van der Waals surface area contributed by atoms with Gasteiger partial charge in [0.1, 0.15) is 6.10 Å². The van der Waals surface area contributed by atoms with Crippen LogP contribution in [0, 0.1) is 0 Å². The first-order chi connectivity index (χ1) is 7.58. The van der Waals surface area contributed by atoms with E-state index in [1.165, 1.54) is 12.5 Å². The summed E-state index contributed by atoms with van der Waals surface area (Å²) in [5.41, 5.74) is 1.19. The molecule has 1 saturated heterocycles. The van der Waals surface area contributed by atoms with Crippen LogP contribution >= 0.6 is 0 Å². The molecule has 3 heteroatoms. The van der Waals surface area contributed by atoms with Crippen molar-refractivity contribution in [1.29, 1.82) is 0 Å². The molecule has 1 heterocycles. The van der Waals surface area contributed by atoms with Crippen molar-refractivity contribution >= 4 is 0 Å². The monoisotopic (exact) mass is 222 g/mol. The third kappa shape index (κ3) is 2.61. The molecule has 0 aliphatic carbocycles. The fraction of sp³-hybridized carbons (Fsp3) is 0.538. The van der Waals surface area contributed by atoms with E-state index in [4.69, 9.17) is 4.74 Å². The molecule has 1 aliphatic heterocycles. The van der Waals surface area contributed by atoms with Gasteiger partial charge in [-0.3, -0.25) is 0 Å². The highest BCUT2D eigenvalue weighted by Crippen LogP contribution is 2.28. The van der Waals surface area contributed by atoms with Crippen LogP contribution < -0.4 is 0 Å². The number of aliphatic hydroxyl groups is 2. The van der Waals surface area contributed by atoms with Crippen LogP contribution in [0.3, 0.4) is 0 Å². The molecule has 0 aromatic heterocycles. The Morgan fingerprint density at radius 2 is 2.00 bits per heavy atom. The Morgan fingerprint density at radius 1 is 1.31 bits per heavy atom. The van der Waals surface area contributed by atoms with Crippen LogP contribution in [-0.2, 0) is 11.2 Å². The maximum atomic E-state index is 9.82. The zero-order valence-electron chi connectivity index (χ0n) is 9.47. The largest absolute Gasteiger partial charge is 0.388 e. The van der Waals surface area contributed by atoms with Crippen molar-refractivity contribution in [2.24, 2.45) is 0 Å². The van der Waals surface area contributed by atoms with Crippen LogP contribution in [0.4, 0.5) is 0 Å². The first-order valence-corrected chi connectivity index (χ1v) is 5.70. The Labute approximate surface area is 95.7 Å². The maximum absolute atomic E-state index is 9.82. The van der Waals surface area contributed by atoms with Crippen LogP contribution in [0.25, 0.3) is 0 Å². The quantitative estimate of drug-likeness (QED) is 0.796. The van der Waals surface area contributed by atoms with E-state index in [9.17, 15) is 10.2 Å². The minimum absolute atomic E-state index is 0.0131. The lowest BCUT2D eigenvalue weighted by molar-refractivity contribution is -0.288. The molecule has 0 radical (unpaired) electrons. The van der Waals surface area contributed by atoms with Gasteiger partial charge < -0.3 is 14.9 Å². The molecule has 1 aromatic carbocycles. The molecule has 1 aliphatic rings. The lowest BCUT2D eigenvalue weighted by Crippen LogP contribution is -2.49. The van der Waals surface area contributed by atoms with Crippen LogP contribution in [0.5, 0.6) is 0 Å². The second kappa shape index (κ2) is 4.53. The van der Waals surface area contributed by atoms with Crippen molar-refractivity contribution in [1.82, 2.24) is 0 Å². The summed E-state index contributed by atoms with van der Waals surface area (Å²) in [7, 11) is 0. The van der Waals surface area contributed by atoms with Gasteiger partial charge in [0.15, 0.2) is 5.79 Å². The number of rotatable bonds is 2. The summed E-state index contributed by atoms with van der Waals surface area (Å²) in [5, 5.41) is 19.4. The fourth-order valence-electron chi connectivity index (χ4n) is 2.11. The van der Waals surface area contributed by atoms with Gasteiger partial charge in [-0.15, -0.1) is 0 Å². The SMILES string of the molecule is CC1(O)O[C@@H](Cc2ccccc2)CCC1O. The van der Waals surface area contributed by atoms with E-state index in [1.807, 2.05) is 30.3 Å². The highest BCUT2D eigenvalue weighted by molar-refractivity contribution is 5.15. The van der Waals surface area contributed by atoms with Gasteiger partial charge in [0.05, 0.1) is 6.10 Å². The Morgan fingerprint density at radius 3 is 2.62 bits per heavy atom. The number of aliphatic hydroxyl groups excluding tert-OH is 1. The normalized spacial score (nSPS) is 34.9. The molecule has 0 saturated carbocycles. The Bertz CT molecular complexity index is 334. The van der Waals surface area contributed by atoms with Crippen molar-refractivity contribution in [2.75, 3.05) is 0 Å². The molecular weight excluding hydrogens is 204 g/mol. The summed E-state index contributed by atoms with van der Waals surface area (Å²) in [6.45, 7) is 1.52. The lowest BCUT2D eigenvalue weighted by Gasteiger charge is -2.38. The minimum Gasteiger partial charge on any atom is -0.388 e. The van der Waals surface area contributed by atoms with Gasteiger partial charge in [-0.2, -0.15) is 0 Å². The van der Waals surface area contributed by atoms with E-state index < -0.39 is 11.9 Å². The summed E-state index contributed by atoms with van der Waals surface area (Å²) in [6.07, 6.45) is 1.36. The van der Waals surface area contributed by atoms with Crippen LogP contribution in [0.1, 0.15) is 25.3 Å². The Balaban J connectivity index is 1.97. The Hall–Kier alpha value is -0.900. The van der Waals surface area contributed by atoms with Gasteiger partial charge in [-0.05, 0) is 31.7 Å². The predicted molar refractivity (Wildman–Crippen MR) is 60.9 cm³/mol. The van der Waals surface area contributed by atoms with E-state index in [-0.39, 0.29) is 6.10 Å². The van der Waals surface area contributed by atoms with E-state index in [0.29, 0.717) is 6.42 Å². The highest BCUT2D eigenvalue weighted by Gasteiger charge is 2.38. The average molecular weight is 222 g/mol. The van der Waals surface area contributed by atoms with Gasteiger partial charge in [0.2, 0.25) is 0 Å². The maximum Gasteiger partial charge on any atom is 0.189 e. The van der Waals surface area contributed by atoms with Crippen molar-refractivity contribution in [2.45, 2.75) is 44.2 Å². The molecular formula is C13H18O3. The molecule has 2 unspecified atom stereocenters. The van der Waals surface area contributed by atoms with E-state index >= 15 is 0 Å². The number of hydrogen-bond donors (Lipinski definition) is 2. The van der Waals surface area contributed by atoms with Crippen LogP contribution in [0.2, 0.25) is 0 Å². The van der Waals surface area contributed by atoms with Crippen LogP contribution in [0.15, 0.2) is 30.3 Å². The van der Waals surface area contributed by atoms with Gasteiger partial charge in [-0.1, -0.05) is 30.3 Å². The molecule has 0 bridgehead atoms. The molecule has 1 aromatic rings. The second-order valence-electron chi connectivity index (χ2n) is 4.58. The first kappa shape index (κ1) is 11.6. The average Bonchev–Trinajstić information content (AvgIpc) is 2.25. The standard InChI is InChI=1S/C13H18O3/c1-13(15)12(14)8-7-11(16-13)9-10-5-3-2-4-6-10/h2-6,11-12,14-15H,7-9H2,1H3/t11-,12?,13?/m1/s1. The summed E-state index contributed by atoms with van der Waals surface area (Å²) in [4.78, 5) is 0. The molecule has 88 valence electrons. The van der Waals surface area contributed by atoms with E-state index in [2.05, 4.69) is 0 Å². The Kier molecular flexibility index (Phi) is 3.28. The van der Waals surface area contributed by atoms with Crippen molar-refractivity contribution in [3.8, 4) is 0 Å². The van der Waals surface area contributed by atoms with Crippen molar-refractivity contribution in [3.05, 3.63) is 35.9 Å². The summed E-state index contributed by atoms with van der Waals surface area (Å²) in [5.74, 6) is -1.41. The first-order valence-electron chi connectivity index (χ1n) is 5.70. The topological polar surface area (TPSA) is 49.7 Å². The summed E-state index contributed by atoms with van der Waals surface area (Å²) < 4.78 is 5.50. The van der Waals surface area contributed by atoms with Gasteiger partial charge >= 0.3 is 0 Å². The highest BCUT2D eigenvalue weighted by atomic mass is 16.6. The number of ether oxygens (including phenoxy) is 1. The molecule has 0 spiro atoms. The third-order valence-corrected chi connectivity index (χ3v) is 3.09. The minimum atomic E-state index is -1.41. The number of benzene rings is 1. The lowest BCUT2D eigenvalue weighted by atomic mass is 9.95. The molecule has 16 heavy (non-hydrogen) atoms. The number of hydrogen-bond acceptors (Lipinski definition) is 3. The molecule has 2 N–H and O–H groups in total. The van der Waals surface area contributed by atoms with Crippen LogP contribution in [-0.4, -0.2) is 28.2 Å². The smallest absolute Gasteiger partial charge is 0.189 e.